The monoisotopic (exact) mass is 224 g/mol. The van der Waals surface area contributed by atoms with Crippen LogP contribution < -0.4 is 0 Å². The molecule has 0 aromatic rings. The summed E-state index contributed by atoms with van der Waals surface area (Å²) in [7, 11) is 0. The van der Waals surface area contributed by atoms with Gasteiger partial charge in [-0.25, -0.2) is 0 Å². The molecular formula is C16H32. The second kappa shape index (κ2) is 11.2. The van der Waals surface area contributed by atoms with Crippen LogP contribution in [-0.2, 0) is 0 Å². The zero-order chi connectivity index (χ0) is 12.2. The molecule has 0 spiro atoms. The molecule has 0 rings (SSSR count). The van der Waals surface area contributed by atoms with Crippen LogP contribution >= 0.6 is 0 Å². The van der Waals surface area contributed by atoms with Gasteiger partial charge in [-0.3, -0.25) is 0 Å². The Kier molecular flexibility index (Phi) is 11.0. The van der Waals surface area contributed by atoms with E-state index in [2.05, 4.69) is 33.8 Å². The predicted molar refractivity (Wildman–Crippen MR) is 75.8 cm³/mol. The van der Waals surface area contributed by atoms with Gasteiger partial charge in [-0.1, -0.05) is 71.4 Å². The molecule has 0 aromatic carbocycles. The highest BCUT2D eigenvalue weighted by Crippen LogP contribution is 2.25. The summed E-state index contributed by atoms with van der Waals surface area (Å²) < 4.78 is 0. The molecule has 0 nitrogen and oxygen atoms in total. The van der Waals surface area contributed by atoms with Crippen LogP contribution in [0.3, 0.4) is 0 Å². The molecule has 0 aliphatic carbocycles. The highest BCUT2D eigenvalue weighted by molar-refractivity contribution is 5.06. The fourth-order valence-corrected chi connectivity index (χ4v) is 2.38. The SMILES string of the molecule is CCCC/C=C(/CC)C(CC)CCCCC. The van der Waals surface area contributed by atoms with Gasteiger partial charge in [-0.2, -0.15) is 0 Å². The van der Waals surface area contributed by atoms with Gasteiger partial charge in [0.2, 0.25) is 0 Å². The van der Waals surface area contributed by atoms with Crippen molar-refractivity contribution in [2.45, 2.75) is 85.5 Å². The number of hydrogen-bond acceptors (Lipinski definition) is 0. The first-order valence-corrected chi connectivity index (χ1v) is 7.48. The van der Waals surface area contributed by atoms with Crippen LogP contribution in [0.15, 0.2) is 11.6 Å². The Bertz CT molecular complexity index is 167. The maximum atomic E-state index is 2.53. The van der Waals surface area contributed by atoms with E-state index in [1.807, 2.05) is 0 Å². The average molecular weight is 224 g/mol. The predicted octanol–water partition coefficient (Wildman–Crippen LogP) is 6.12. The van der Waals surface area contributed by atoms with Gasteiger partial charge in [0.05, 0.1) is 0 Å². The summed E-state index contributed by atoms with van der Waals surface area (Å²) in [6, 6.07) is 0. The van der Waals surface area contributed by atoms with Crippen molar-refractivity contribution in [3.8, 4) is 0 Å². The summed E-state index contributed by atoms with van der Waals surface area (Å²) in [5.41, 5.74) is 1.73. The van der Waals surface area contributed by atoms with Crippen molar-refractivity contribution in [3.05, 3.63) is 11.6 Å². The van der Waals surface area contributed by atoms with Crippen LogP contribution in [0.5, 0.6) is 0 Å². The molecular weight excluding hydrogens is 192 g/mol. The molecule has 0 heterocycles. The molecule has 0 aromatic heterocycles. The lowest BCUT2D eigenvalue weighted by atomic mass is 9.88. The normalized spacial score (nSPS) is 14.1. The molecule has 16 heavy (non-hydrogen) atoms. The number of unbranched alkanes of at least 4 members (excludes halogenated alkanes) is 4. The first-order valence-electron chi connectivity index (χ1n) is 7.48. The number of rotatable bonds is 10. The molecule has 1 atom stereocenters. The first kappa shape index (κ1) is 15.7. The van der Waals surface area contributed by atoms with Crippen LogP contribution in [0.4, 0.5) is 0 Å². The third-order valence-electron chi connectivity index (χ3n) is 3.55. The van der Waals surface area contributed by atoms with Gasteiger partial charge < -0.3 is 0 Å². The fourth-order valence-electron chi connectivity index (χ4n) is 2.38. The molecule has 0 heteroatoms. The van der Waals surface area contributed by atoms with Crippen molar-refractivity contribution < 1.29 is 0 Å². The minimum absolute atomic E-state index is 0.869. The zero-order valence-corrected chi connectivity index (χ0v) is 12.0. The van der Waals surface area contributed by atoms with Gasteiger partial charge >= 0.3 is 0 Å². The molecule has 0 aliphatic rings. The van der Waals surface area contributed by atoms with Crippen molar-refractivity contribution in [3.63, 3.8) is 0 Å². The lowest BCUT2D eigenvalue weighted by molar-refractivity contribution is 0.492. The smallest absolute Gasteiger partial charge is 0.0206 e. The maximum absolute atomic E-state index is 2.53. The van der Waals surface area contributed by atoms with E-state index in [-0.39, 0.29) is 0 Å². The van der Waals surface area contributed by atoms with Crippen LogP contribution in [-0.4, -0.2) is 0 Å². The lowest BCUT2D eigenvalue weighted by Crippen LogP contribution is -2.03. The summed E-state index contributed by atoms with van der Waals surface area (Å²) in [4.78, 5) is 0. The zero-order valence-electron chi connectivity index (χ0n) is 12.0. The average Bonchev–Trinajstić information content (AvgIpc) is 2.31. The van der Waals surface area contributed by atoms with Gasteiger partial charge in [-0.15, -0.1) is 0 Å². The summed E-state index contributed by atoms with van der Waals surface area (Å²) in [6.45, 7) is 9.23. The standard InChI is InChI=1S/C16H32/c1-5-9-11-13-15(7-3)16(8-4)14-12-10-6-2/h13,16H,5-12,14H2,1-4H3/b15-13-. The Hall–Kier alpha value is -0.260. The molecule has 96 valence electrons. The molecule has 0 aliphatic heterocycles. The van der Waals surface area contributed by atoms with Gasteiger partial charge in [-0.05, 0) is 31.6 Å². The maximum Gasteiger partial charge on any atom is -0.0206 e. The van der Waals surface area contributed by atoms with Gasteiger partial charge in [0, 0.05) is 0 Å². The Balaban J connectivity index is 4.09. The summed E-state index contributed by atoms with van der Waals surface area (Å²) in [5.74, 6) is 0.869. The second-order valence-electron chi connectivity index (χ2n) is 4.88. The van der Waals surface area contributed by atoms with Crippen molar-refractivity contribution in [1.29, 1.82) is 0 Å². The lowest BCUT2D eigenvalue weighted by Gasteiger charge is -2.18. The largest absolute Gasteiger partial charge is 0.0851 e. The first-order chi connectivity index (χ1) is 7.79. The molecule has 0 N–H and O–H groups in total. The van der Waals surface area contributed by atoms with E-state index in [4.69, 9.17) is 0 Å². The molecule has 0 saturated carbocycles. The summed E-state index contributed by atoms with van der Waals surface area (Å²) >= 11 is 0. The van der Waals surface area contributed by atoms with E-state index >= 15 is 0 Å². The van der Waals surface area contributed by atoms with Gasteiger partial charge in [0.25, 0.3) is 0 Å². The van der Waals surface area contributed by atoms with E-state index in [9.17, 15) is 0 Å². The van der Waals surface area contributed by atoms with Crippen molar-refractivity contribution >= 4 is 0 Å². The minimum atomic E-state index is 0.869. The van der Waals surface area contributed by atoms with E-state index in [0.717, 1.165) is 5.92 Å². The second-order valence-corrected chi connectivity index (χ2v) is 4.88. The molecule has 0 amide bonds. The van der Waals surface area contributed by atoms with E-state index < -0.39 is 0 Å². The fraction of sp³-hybridized carbons (Fsp3) is 0.875. The minimum Gasteiger partial charge on any atom is -0.0851 e. The van der Waals surface area contributed by atoms with E-state index in [0.29, 0.717) is 0 Å². The van der Waals surface area contributed by atoms with Gasteiger partial charge in [0.1, 0.15) is 0 Å². The van der Waals surface area contributed by atoms with Crippen LogP contribution in [0.2, 0.25) is 0 Å². The van der Waals surface area contributed by atoms with Crippen molar-refractivity contribution in [2.24, 2.45) is 5.92 Å². The van der Waals surface area contributed by atoms with E-state index in [1.165, 1.54) is 57.8 Å². The van der Waals surface area contributed by atoms with Crippen LogP contribution in [0.1, 0.15) is 85.5 Å². The van der Waals surface area contributed by atoms with E-state index in [1.54, 1.807) is 5.57 Å². The summed E-state index contributed by atoms with van der Waals surface area (Å²) in [5, 5.41) is 0. The van der Waals surface area contributed by atoms with Gasteiger partial charge in [0.15, 0.2) is 0 Å². The third kappa shape index (κ3) is 7.09. The molecule has 0 saturated heterocycles. The molecule has 0 radical (unpaired) electrons. The Morgan fingerprint density at radius 3 is 2.12 bits per heavy atom. The molecule has 0 bridgehead atoms. The topological polar surface area (TPSA) is 0 Å². The van der Waals surface area contributed by atoms with Crippen LogP contribution in [0, 0.1) is 5.92 Å². The highest BCUT2D eigenvalue weighted by atomic mass is 14.2. The Labute approximate surface area is 104 Å². The summed E-state index contributed by atoms with van der Waals surface area (Å²) in [6.07, 6.45) is 14.7. The van der Waals surface area contributed by atoms with Crippen molar-refractivity contribution in [2.75, 3.05) is 0 Å². The van der Waals surface area contributed by atoms with Crippen LogP contribution in [0.25, 0.3) is 0 Å². The quantitative estimate of drug-likeness (QED) is 0.310. The number of hydrogen-bond donors (Lipinski definition) is 0. The third-order valence-corrected chi connectivity index (χ3v) is 3.55. The van der Waals surface area contributed by atoms with Crippen molar-refractivity contribution in [1.82, 2.24) is 0 Å². The molecule has 0 fully saturated rings. The molecule has 1 unspecified atom stereocenters. The number of allylic oxidation sites excluding steroid dienone is 2. The highest BCUT2D eigenvalue weighted by Gasteiger charge is 2.09. The Morgan fingerprint density at radius 2 is 1.62 bits per heavy atom. The Morgan fingerprint density at radius 1 is 0.938 bits per heavy atom.